The topological polar surface area (TPSA) is 106 Å². The number of primary amides is 1. The number of anilines is 1. The van der Waals surface area contributed by atoms with E-state index in [1.807, 2.05) is 0 Å². The van der Waals surface area contributed by atoms with Crippen LogP contribution in [0.2, 0.25) is 0 Å². The van der Waals surface area contributed by atoms with Crippen LogP contribution >= 0.6 is 0 Å². The number of hydrogen-bond acceptors (Lipinski definition) is 4. The van der Waals surface area contributed by atoms with Crippen LogP contribution in [0.3, 0.4) is 0 Å². The fourth-order valence-electron chi connectivity index (χ4n) is 1.65. The van der Waals surface area contributed by atoms with E-state index in [2.05, 4.69) is 5.32 Å². The van der Waals surface area contributed by atoms with Crippen molar-refractivity contribution in [2.24, 2.45) is 5.73 Å². The number of nitrogens with two attached hydrogens (primary N) is 1. The summed E-state index contributed by atoms with van der Waals surface area (Å²) in [5, 5.41) is 0.919. The van der Waals surface area contributed by atoms with E-state index in [-0.39, 0.29) is 12.1 Å². The molecule has 0 aliphatic carbocycles. The Labute approximate surface area is 116 Å². The van der Waals surface area contributed by atoms with Crippen molar-refractivity contribution in [1.29, 1.82) is 0 Å². The molecule has 1 atom stereocenters. The largest absolute Gasteiger partial charge is 0.369 e. The van der Waals surface area contributed by atoms with Crippen molar-refractivity contribution in [1.82, 2.24) is 0 Å². The highest BCUT2D eigenvalue weighted by Gasteiger charge is 2.31. The van der Waals surface area contributed by atoms with Crippen LogP contribution < -0.4 is 11.1 Å². The highest BCUT2D eigenvalue weighted by molar-refractivity contribution is 7.93. The van der Waals surface area contributed by atoms with Crippen molar-refractivity contribution in [3.8, 4) is 0 Å². The van der Waals surface area contributed by atoms with Crippen LogP contribution in [-0.2, 0) is 19.4 Å². The minimum absolute atomic E-state index is 0.00148. The number of carbonyl (C=O) groups excluding carboxylic acids is 2. The third-order valence-electron chi connectivity index (χ3n) is 2.58. The molecule has 0 bridgehead atoms. The third-order valence-corrected chi connectivity index (χ3v) is 4.68. The third kappa shape index (κ3) is 4.30. The summed E-state index contributed by atoms with van der Waals surface area (Å²) >= 11 is 0. The van der Waals surface area contributed by atoms with Gasteiger partial charge in [-0.25, -0.2) is 12.8 Å². The van der Waals surface area contributed by atoms with Crippen molar-refractivity contribution in [2.75, 3.05) is 11.1 Å². The standard InChI is InChI=1S/C12H15FN2O4S/c1-2-10(12(14)17)20(18,19)7-11(16)15-9-5-3-8(13)4-6-9/h3-6,10H,2,7H2,1H3,(H2,14,17)(H,15,16). The van der Waals surface area contributed by atoms with Gasteiger partial charge in [0.25, 0.3) is 0 Å². The summed E-state index contributed by atoms with van der Waals surface area (Å²) in [6.07, 6.45) is 0.00148. The smallest absolute Gasteiger partial charge is 0.239 e. The quantitative estimate of drug-likeness (QED) is 0.795. The van der Waals surface area contributed by atoms with E-state index in [4.69, 9.17) is 5.73 Å². The molecule has 1 rings (SSSR count). The molecule has 3 N–H and O–H groups in total. The maximum absolute atomic E-state index is 12.7. The van der Waals surface area contributed by atoms with Crippen molar-refractivity contribution in [3.63, 3.8) is 0 Å². The number of rotatable bonds is 6. The van der Waals surface area contributed by atoms with Gasteiger partial charge in [0.15, 0.2) is 9.84 Å². The van der Waals surface area contributed by atoms with Gasteiger partial charge in [-0.05, 0) is 30.7 Å². The Morgan fingerprint density at radius 1 is 1.30 bits per heavy atom. The number of benzene rings is 1. The van der Waals surface area contributed by atoms with E-state index in [0.717, 1.165) is 12.1 Å². The highest BCUT2D eigenvalue weighted by atomic mass is 32.2. The molecule has 0 aliphatic rings. The SMILES string of the molecule is CCC(C(N)=O)S(=O)(=O)CC(=O)Nc1ccc(F)cc1. The molecule has 0 saturated carbocycles. The average Bonchev–Trinajstić information content (AvgIpc) is 2.31. The van der Waals surface area contributed by atoms with Crippen molar-refractivity contribution < 1.29 is 22.4 Å². The molecule has 0 aromatic heterocycles. The molecule has 0 radical (unpaired) electrons. The van der Waals surface area contributed by atoms with Gasteiger partial charge in [-0.15, -0.1) is 0 Å². The first-order chi connectivity index (χ1) is 9.26. The molecular weight excluding hydrogens is 287 g/mol. The summed E-state index contributed by atoms with van der Waals surface area (Å²) in [7, 11) is -3.96. The second-order valence-electron chi connectivity index (χ2n) is 4.16. The molecule has 8 heteroatoms. The Bertz CT molecular complexity index is 598. The molecule has 1 aromatic rings. The number of halogens is 1. The molecule has 1 unspecified atom stereocenters. The van der Waals surface area contributed by atoms with Crippen LogP contribution in [0.4, 0.5) is 10.1 Å². The van der Waals surface area contributed by atoms with Crippen molar-refractivity contribution in [2.45, 2.75) is 18.6 Å². The molecule has 0 spiro atoms. The van der Waals surface area contributed by atoms with Gasteiger partial charge in [0.2, 0.25) is 11.8 Å². The van der Waals surface area contributed by atoms with Gasteiger partial charge in [-0.3, -0.25) is 9.59 Å². The highest BCUT2D eigenvalue weighted by Crippen LogP contribution is 2.10. The van der Waals surface area contributed by atoms with E-state index < -0.39 is 38.5 Å². The minimum atomic E-state index is -3.96. The van der Waals surface area contributed by atoms with Crippen molar-refractivity contribution >= 4 is 27.3 Å². The first-order valence-electron chi connectivity index (χ1n) is 5.82. The fraction of sp³-hybridized carbons (Fsp3) is 0.333. The first-order valence-corrected chi connectivity index (χ1v) is 7.54. The van der Waals surface area contributed by atoms with Gasteiger partial charge in [-0.1, -0.05) is 6.92 Å². The first kappa shape index (κ1) is 16.1. The Morgan fingerprint density at radius 3 is 2.30 bits per heavy atom. The number of sulfone groups is 1. The van der Waals surface area contributed by atoms with Crippen LogP contribution in [0, 0.1) is 5.82 Å². The summed E-state index contributed by atoms with van der Waals surface area (Å²) < 4.78 is 36.3. The van der Waals surface area contributed by atoms with Gasteiger partial charge in [0.1, 0.15) is 16.8 Å². The lowest BCUT2D eigenvalue weighted by atomic mass is 10.3. The maximum Gasteiger partial charge on any atom is 0.239 e. The zero-order valence-corrected chi connectivity index (χ0v) is 11.6. The zero-order chi connectivity index (χ0) is 15.3. The summed E-state index contributed by atoms with van der Waals surface area (Å²) in [4.78, 5) is 22.6. The predicted molar refractivity (Wildman–Crippen MR) is 72.1 cm³/mol. The van der Waals surface area contributed by atoms with Crippen LogP contribution in [0.25, 0.3) is 0 Å². The zero-order valence-electron chi connectivity index (χ0n) is 10.8. The van der Waals surface area contributed by atoms with Crippen LogP contribution in [-0.4, -0.2) is 31.2 Å². The van der Waals surface area contributed by atoms with E-state index >= 15 is 0 Å². The molecule has 0 saturated heterocycles. The molecule has 0 heterocycles. The minimum Gasteiger partial charge on any atom is -0.369 e. The van der Waals surface area contributed by atoms with E-state index in [1.165, 1.54) is 19.1 Å². The Morgan fingerprint density at radius 2 is 1.85 bits per heavy atom. The molecular formula is C12H15FN2O4S. The Kier molecular flexibility index (Phi) is 5.20. The summed E-state index contributed by atoms with van der Waals surface area (Å²) in [6.45, 7) is 1.49. The summed E-state index contributed by atoms with van der Waals surface area (Å²) in [6, 6.07) is 4.85. The van der Waals surface area contributed by atoms with Gasteiger partial charge in [-0.2, -0.15) is 0 Å². The van der Waals surface area contributed by atoms with Gasteiger partial charge in [0, 0.05) is 5.69 Å². The molecule has 1 aromatic carbocycles. The summed E-state index contributed by atoms with van der Waals surface area (Å²) in [5.41, 5.74) is 5.25. The Balaban J connectivity index is 2.75. The molecule has 0 aliphatic heterocycles. The van der Waals surface area contributed by atoms with Crippen molar-refractivity contribution in [3.05, 3.63) is 30.1 Å². The van der Waals surface area contributed by atoms with Gasteiger partial charge < -0.3 is 11.1 Å². The number of carbonyl (C=O) groups is 2. The van der Waals surface area contributed by atoms with Gasteiger partial charge in [0.05, 0.1) is 0 Å². The predicted octanol–water partition coefficient (Wildman–Crippen LogP) is 0.443. The lowest BCUT2D eigenvalue weighted by Crippen LogP contribution is -2.39. The number of hydrogen-bond donors (Lipinski definition) is 2. The second-order valence-corrected chi connectivity index (χ2v) is 6.34. The van der Waals surface area contributed by atoms with E-state index in [9.17, 15) is 22.4 Å². The molecule has 20 heavy (non-hydrogen) atoms. The number of amides is 2. The normalized spacial score (nSPS) is 12.7. The second kappa shape index (κ2) is 6.47. The Hall–Kier alpha value is -1.96. The molecule has 110 valence electrons. The van der Waals surface area contributed by atoms with Crippen LogP contribution in [0.5, 0.6) is 0 Å². The maximum atomic E-state index is 12.7. The van der Waals surface area contributed by atoms with E-state index in [1.54, 1.807) is 0 Å². The van der Waals surface area contributed by atoms with Crippen LogP contribution in [0.1, 0.15) is 13.3 Å². The average molecular weight is 302 g/mol. The monoisotopic (exact) mass is 302 g/mol. The van der Waals surface area contributed by atoms with Crippen LogP contribution in [0.15, 0.2) is 24.3 Å². The lowest BCUT2D eigenvalue weighted by molar-refractivity contribution is -0.117. The molecule has 2 amide bonds. The molecule has 6 nitrogen and oxygen atoms in total. The van der Waals surface area contributed by atoms with E-state index in [0.29, 0.717) is 0 Å². The fourth-order valence-corrected chi connectivity index (χ4v) is 3.15. The van der Waals surface area contributed by atoms with Gasteiger partial charge >= 0.3 is 0 Å². The summed E-state index contributed by atoms with van der Waals surface area (Å²) in [5.74, 6) is -3.12. The number of nitrogens with one attached hydrogen (secondary N) is 1. The molecule has 0 fully saturated rings. The lowest BCUT2D eigenvalue weighted by Gasteiger charge is -2.12.